The fourth-order valence-electron chi connectivity index (χ4n) is 1.93. The molecule has 24 heavy (non-hydrogen) atoms. The highest BCUT2D eigenvalue weighted by Crippen LogP contribution is 2.17. The number of thiazole rings is 1. The third-order valence-electron chi connectivity index (χ3n) is 2.99. The van der Waals surface area contributed by atoms with Gasteiger partial charge in [0.25, 0.3) is 0 Å². The summed E-state index contributed by atoms with van der Waals surface area (Å²) in [6, 6.07) is 0. The number of aryl methyl sites for hydroxylation is 2. The molecule has 6 nitrogen and oxygen atoms in total. The van der Waals surface area contributed by atoms with Crippen LogP contribution in [0.5, 0.6) is 0 Å². The Bertz CT molecular complexity index is 494. The quantitative estimate of drug-likeness (QED) is 0.294. The minimum atomic E-state index is -0.551. The molecule has 0 amide bonds. The van der Waals surface area contributed by atoms with Crippen LogP contribution < -0.4 is 10.6 Å². The van der Waals surface area contributed by atoms with Gasteiger partial charge in [0.1, 0.15) is 0 Å². The largest absolute Gasteiger partial charge is 0.389 e. The molecule has 3 N–H and O–H groups in total. The van der Waals surface area contributed by atoms with E-state index in [2.05, 4.69) is 34.5 Å². The van der Waals surface area contributed by atoms with Crippen molar-refractivity contribution in [2.45, 2.75) is 47.3 Å². The van der Waals surface area contributed by atoms with Crippen molar-refractivity contribution >= 4 is 41.3 Å². The van der Waals surface area contributed by atoms with E-state index in [1.165, 1.54) is 4.88 Å². The molecule has 1 aromatic heterocycles. The Morgan fingerprint density at radius 1 is 1.29 bits per heavy atom. The Morgan fingerprint density at radius 2 is 2.00 bits per heavy atom. The molecule has 1 atom stereocenters. The van der Waals surface area contributed by atoms with Gasteiger partial charge in [-0.25, -0.2) is 9.98 Å². The van der Waals surface area contributed by atoms with Crippen LogP contribution in [0.1, 0.15) is 36.3 Å². The van der Waals surface area contributed by atoms with E-state index in [0.29, 0.717) is 38.2 Å². The molecule has 1 heterocycles. The predicted octanol–water partition coefficient (Wildman–Crippen LogP) is 2.47. The lowest BCUT2D eigenvalue weighted by Gasteiger charge is -2.16. The summed E-state index contributed by atoms with van der Waals surface area (Å²) >= 11 is 1.67. The Hall–Kier alpha value is -0.450. The second kappa shape index (κ2) is 12.8. The number of guanidine groups is 1. The molecule has 0 saturated heterocycles. The second-order valence-corrected chi connectivity index (χ2v) is 7.19. The van der Waals surface area contributed by atoms with Crippen molar-refractivity contribution in [1.82, 2.24) is 15.6 Å². The lowest BCUT2D eigenvalue weighted by molar-refractivity contribution is 0.0280. The van der Waals surface area contributed by atoms with Gasteiger partial charge < -0.3 is 20.5 Å². The summed E-state index contributed by atoms with van der Waals surface area (Å²) in [5.41, 5.74) is 1.04. The molecule has 0 aliphatic heterocycles. The molecule has 0 aliphatic carbocycles. The highest BCUT2D eigenvalue weighted by atomic mass is 127. The summed E-state index contributed by atoms with van der Waals surface area (Å²) in [4.78, 5) is 10.1. The van der Waals surface area contributed by atoms with E-state index in [1.807, 2.05) is 20.8 Å². The molecular weight excluding hydrogens is 439 g/mol. The van der Waals surface area contributed by atoms with E-state index in [1.54, 1.807) is 11.3 Å². The van der Waals surface area contributed by atoms with Gasteiger partial charge in [-0.15, -0.1) is 35.3 Å². The number of hydrogen-bond donors (Lipinski definition) is 3. The first-order chi connectivity index (χ1) is 10.9. The standard InChI is InChI=1S/C16H30N4O2S.HI/c1-6-17-16(18-7-14(21)10-22-9-11(2)3)19-8-15-12(4)20-13(5)23-15;/h11,14,21H,6-10H2,1-5H3,(H2,17,18,19);1H. The average Bonchev–Trinajstić information content (AvgIpc) is 2.79. The van der Waals surface area contributed by atoms with Crippen molar-refractivity contribution in [3.63, 3.8) is 0 Å². The zero-order chi connectivity index (χ0) is 17.2. The van der Waals surface area contributed by atoms with Crippen molar-refractivity contribution in [3.05, 3.63) is 15.6 Å². The van der Waals surface area contributed by atoms with Crippen LogP contribution in [0.25, 0.3) is 0 Å². The predicted molar refractivity (Wildman–Crippen MR) is 111 cm³/mol. The number of aliphatic hydroxyl groups is 1. The van der Waals surface area contributed by atoms with E-state index in [9.17, 15) is 5.11 Å². The van der Waals surface area contributed by atoms with Crippen LogP contribution in [-0.4, -0.2) is 48.5 Å². The number of aliphatic hydroxyl groups excluding tert-OH is 1. The highest BCUT2D eigenvalue weighted by molar-refractivity contribution is 14.0. The molecular formula is C16H31IN4O2S. The van der Waals surface area contributed by atoms with Gasteiger partial charge in [0.05, 0.1) is 30.0 Å². The van der Waals surface area contributed by atoms with Gasteiger partial charge in [-0.2, -0.15) is 0 Å². The molecule has 0 saturated carbocycles. The Morgan fingerprint density at radius 3 is 2.54 bits per heavy atom. The molecule has 140 valence electrons. The molecule has 0 radical (unpaired) electrons. The van der Waals surface area contributed by atoms with Crippen LogP contribution in [-0.2, 0) is 11.3 Å². The molecule has 0 spiro atoms. The lowest BCUT2D eigenvalue weighted by atomic mass is 10.2. The zero-order valence-corrected chi connectivity index (χ0v) is 18.4. The van der Waals surface area contributed by atoms with Crippen molar-refractivity contribution in [2.24, 2.45) is 10.9 Å². The number of aromatic nitrogens is 1. The van der Waals surface area contributed by atoms with Gasteiger partial charge in [-0.05, 0) is 26.7 Å². The SMILES string of the molecule is CCNC(=NCc1sc(C)nc1C)NCC(O)COCC(C)C.I. The van der Waals surface area contributed by atoms with Crippen molar-refractivity contribution < 1.29 is 9.84 Å². The van der Waals surface area contributed by atoms with Gasteiger partial charge in [0.2, 0.25) is 0 Å². The first-order valence-electron chi connectivity index (χ1n) is 8.13. The van der Waals surface area contributed by atoms with E-state index in [4.69, 9.17) is 4.74 Å². The molecule has 8 heteroatoms. The van der Waals surface area contributed by atoms with Crippen molar-refractivity contribution in [2.75, 3.05) is 26.3 Å². The number of nitrogens with zero attached hydrogens (tertiary/aromatic N) is 2. The zero-order valence-electron chi connectivity index (χ0n) is 15.3. The number of nitrogens with one attached hydrogen (secondary N) is 2. The first-order valence-corrected chi connectivity index (χ1v) is 8.94. The van der Waals surface area contributed by atoms with E-state index < -0.39 is 6.10 Å². The van der Waals surface area contributed by atoms with Gasteiger partial charge >= 0.3 is 0 Å². The summed E-state index contributed by atoms with van der Waals surface area (Å²) in [5, 5.41) is 17.3. The smallest absolute Gasteiger partial charge is 0.191 e. The number of hydrogen-bond acceptors (Lipinski definition) is 5. The maximum absolute atomic E-state index is 9.93. The second-order valence-electron chi connectivity index (χ2n) is 5.90. The highest BCUT2D eigenvalue weighted by Gasteiger charge is 2.08. The summed E-state index contributed by atoms with van der Waals surface area (Å²) < 4.78 is 5.44. The van der Waals surface area contributed by atoms with Crippen molar-refractivity contribution in [1.29, 1.82) is 0 Å². The lowest BCUT2D eigenvalue weighted by Crippen LogP contribution is -2.42. The average molecular weight is 470 g/mol. The van der Waals surface area contributed by atoms with Crippen LogP contribution >= 0.6 is 35.3 Å². The fourth-order valence-corrected chi connectivity index (χ4v) is 2.79. The maximum atomic E-state index is 9.93. The molecule has 0 bridgehead atoms. The fraction of sp³-hybridized carbons (Fsp3) is 0.750. The van der Waals surface area contributed by atoms with Crippen LogP contribution in [0.4, 0.5) is 0 Å². The van der Waals surface area contributed by atoms with Crippen LogP contribution in [0.2, 0.25) is 0 Å². The van der Waals surface area contributed by atoms with Gasteiger partial charge in [-0.1, -0.05) is 13.8 Å². The van der Waals surface area contributed by atoms with E-state index in [-0.39, 0.29) is 24.0 Å². The number of halogens is 1. The van der Waals surface area contributed by atoms with Gasteiger partial charge in [0, 0.05) is 24.6 Å². The minimum Gasteiger partial charge on any atom is -0.389 e. The summed E-state index contributed by atoms with van der Waals surface area (Å²) in [6.45, 7) is 13.0. The molecule has 1 unspecified atom stereocenters. The summed E-state index contributed by atoms with van der Waals surface area (Å²) in [7, 11) is 0. The minimum absolute atomic E-state index is 0. The molecule has 0 aromatic carbocycles. The summed E-state index contributed by atoms with van der Waals surface area (Å²) in [6.07, 6.45) is -0.551. The molecule has 0 fully saturated rings. The molecule has 0 aliphatic rings. The number of ether oxygens (including phenoxy) is 1. The van der Waals surface area contributed by atoms with Crippen LogP contribution in [0, 0.1) is 19.8 Å². The monoisotopic (exact) mass is 470 g/mol. The third-order valence-corrected chi connectivity index (χ3v) is 4.05. The van der Waals surface area contributed by atoms with Crippen molar-refractivity contribution in [3.8, 4) is 0 Å². The van der Waals surface area contributed by atoms with Crippen LogP contribution in [0.15, 0.2) is 4.99 Å². The number of rotatable bonds is 9. The van der Waals surface area contributed by atoms with E-state index >= 15 is 0 Å². The summed E-state index contributed by atoms with van der Waals surface area (Å²) in [5.74, 6) is 1.17. The topological polar surface area (TPSA) is 78.8 Å². The molecule has 1 rings (SSSR count). The van der Waals surface area contributed by atoms with E-state index in [0.717, 1.165) is 17.2 Å². The Balaban J connectivity index is 0.00000529. The maximum Gasteiger partial charge on any atom is 0.191 e. The Kier molecular flexibility index (Phi) is 12.6. The Labute approximate surface area is 166 Å². The van der Waals surface area contributed by atoms with Gasteiger partial charge in [0.15, 0.2) is 5.96 Å². The number of aliphatic imine (C=N–C) groups is 1. The molecule has 1 aromatic rings. The van der Waals surface area contributed by atoms with Gasteiger partial charge in [-0.3, -0.25) is 0 Å². The first kappa shape index (κ1) is 23.5. The normalized spacial score (nSPS) is 12.9. The third kappa shape index (κ3) is 9.75. The van der Waals surface area contributed by atoms with Crippen LogP contribution in [0.3, 0.4) is 0 Å².